The molecule has 1 aliphatic heterocycles. The number of unbranched alkanes of at least 4 members (excludes halogenated alkanes) is 2. The maximum absolute atomic E-state index is 12.3. The van der Waals surface area contributed by atoms with Crippen LogP contribution in [0.3, 0.4) is 0 Å². The van der Waals surface area contributed by atoms with E-state index in [-0.39, 0.29) is 12.7 Å². The summed E-state index contributed by atoms with van der Waals surface area (Å²) < 4.78 is 10.7. The molecule has 2 aromatic rings. The Kier molecular flexibility index (Phi) is 5.33. The van der Waals surface area contributed by atoms with Crippen molar-refractivity contribution in [1.29, 1.82) is 0 Å². The molecule has 1 amide bonds. The maximum Gasteiger partial charge on any atom is 0.270 e. The number of fused-ring (bicyclic) bond motifs is 1. The maximum atomic E-state index is 12.3. The molecule has 0 spiro atoms. The van der Waals surface area contributed by atoms with Crippen LogP contribution < -0.4 is 20.1 Å². The zero-order chi connectivity index (χ0) is 17.6. The molecule has 2 heterocycles. The Hall–Kier alpha value is -2.83. The first-order valence-electron chi connectivity index (χ1n) is 8.46. The zero-order valence-electron chi connectivity index (χ0n) is 14.5. The molecule has 0 radical (unpaired) electrons. The van der Waals surface area contributed by atoms with Crippen LogP contribution in [0.15, 0.2) is 24.3 Å². The van der Waals surface area contributed by atoms with E-state index in [1.54, 1.807) is 13.0 Å². The van der Waals surface area contributed by atoms with Crippen LogP contribution in [-0.4, -0.2) is 29.2 Å². The second kappa shape index (κ2) is 7.83. The van der Waals surface area contributed by atoms with Gasteiger partial charge in [-0.2, -0.15) is 0 Å². The molecule has 0 fully saturated rings. The molecule has 0 saturated heterocycles. The lowest BCUT2D eigenvalue weighted by Gasteiger charge is -2.09. The number of hydrogen-bond donors (Lipinski definition) is 2. The van der Waals surface area contributed by atoms with Crippen molar-refractivity contribution in [3.05, 3.63) is 35.8 Å². The number of carbonyl (C=O) groups excluding carboxylic acids is 1. The fraction of sp³-hybridized carbons (Fsp3) is 0.389. The molecular weight excluding hydrogens is 320 g/mol. The minimum Gasteiger partial charge on any atom is -0.454 e. The third kappa shape index (κ3) is 4.37. The number of carbonyl (C=O) groups is 1. The van der Waals surface area contributed by atoms with Gasteiger partial charge in [-0.05, 0) is 25.5 Å². The van der Waals surface area contributed by atoms with Crippen LogP contribution in [0, 0.1) is 6.92 Å². The number of hydrogen-bond acceptors (Lipinski definition) is 6. The van der Waals surface area contributed by atoms with Crippen molar-refractivity contribution in [1.82, 2.24) is 15.3 Å². The summed E-state index contributed by atoms with van der Waals surface area (Å²) in [5.74, 6) is 2.31. The molecule has 7 heteroatoms. The van der Waals surface area contributed by atoms with Crippen molar-refractivity contribution in [2.24, 2.45) is 0 Å². The van der Waals surface area contributed by atoms with E-state index in [9.17, 15) is 4.79 Å². The molecule has 25 heavy (non-hydrogen) atoms. The fourth-order valence-corrected chi connectivity index (χ4v) is 2.54. The Balaban J connectivity index is 1.69. The monoisotopic (exact) mass is 342 g/mol. The van der Waals surface area contributed by atoms with Crippen molar-refractivity contribution in [2.75, 3.05) is 18.7 Å². The molecule has 0 aliphatic carbocycles. The molecular formula is C18H22N4O3. The van der Waals surface area contributed by atoms with Gasteiger partial charge in [0.2, 0.25) is 6.79 Å². The first-order chi connectivity index (χ1) is 12.2. The Morgan fingerprint density at radius 3 is 2.84 bits per heavy atom. The molecule has 1 aromatic heterocycles. The van der Waals surface area contributed by atoms with E-state index in [4.69, 9.17) is 9.47 Å². The summed E-state index contributed by atoms with van der Waals surface area (Å²) in [7, 11) is 0. The minimum atomic E-state index is -0.185. The number of nitrogens with one attached hydrogen (secondary N) is 2. The van der Waals surface area contributed by atoms with E-state index in [1.807, 2.05) is 18.2 Å². The summed E-state index contributed by atoms with van der Waals surface area (Å²) in [6.07, 6.45) is 3.18. The van der Waals surface area contributed by atoms with Gasteiger partial charge in [-0.3, -0.25) is 4.79 Å². The number of amides is 1. The van der Waals surface area contributed by atoms with Crippen LogP contribution in [-0.2, 0) is 0 Å². The van der Waals surface area contributed by atoms with E-state index in [0.717, 1.165) is 30.7 Å². The SMILES string of the molecule is CCCCCNC(=O)c1cc(Nc2ccc3c(c2)OCO3)nc(C)n1. The summed E-state index contributed by atoms with van der Waals surface area (Å²) in [6.45, 7) is 4.77. The van der Waals surface area contributed by atoms with Crippen molar-refractivity contribution >= 4 is 17.4 Å². The van der Waals surface area contributed by atoms with E-state index in [2.05, 4.69) is 27.5 Å². The summed E-state index contributed by atoms with van der Waals surface area (Å²) in [5, 5.41) is 6.07. The van der Waals surface area contributed by atoms with Crippen LogP contribution in [0.1, 0.15) is 42.5 Å². The smallest absolute Gasteiger partial charge is 0.270 e. The predicted octanol–water partition coefficient (Wildman–Crippen LogP) is 3.18. The lowest BCUT2D eigenvalue weighted by Crippen LogP contribution is -2.25. The van der Waals surface area contributed by atoms with Gasteiger partial charge in [0.15, 0.2) is 11.5 Å². The molecule has 1 aliphatic rings. The largest absolute Gasteiger partial charge is 0.454 e. The first kappa shape index (κ1) is 17.0. The average molecular weight is 342 g/mol. The molecule has 0 atom stereocenters. The first-order valence-corrected chi connectivity index (χ1v) is 8.46. The second-order valence-electron chi connectivity index (χ2n) is 5.84. The minimum absolute atomic E-state index is 0.185. The van der Waals surface area contributed by atoms with E-state index >= 15 is 0 Å². The van der Waals surface area contributed by atoms with Crippen LogP contribution >= 0.6 is 0 Å². The molecule has 0 unspecified atom stereocenters. The van der Waals surface area contributed by atoms with E-state index in [1.165, 1.54) is 0 Å². The van der Waals surface area contributed by atoms with Gasteiger partial charge in [-0.15, -0.1) is 0 Å². The van der Waals surface area contributed by atoms with Gasteiger partial charge in [0.05, 0.1) is 0 Å². The molecule has 0 saturated carbocycles. The van der Waals surface area contributed by atoms with Gasteiger partial charge in [0.1, 0.15) is 17.3 Å². The Bertz CT molecular complexity index is 764. The van der Waals surface area contributed by atoms with Gasteiger partial charge < -0.3 is 20.1 Å². The quantitative estimate of drug-likeness (QED) is 0.752. The van der Waals surface area contributed by atoms with Crippen molar-refractivity contribution in [3.63, 3.8) is 0 Å². The van der Waals surface area contributed by atoms with Gasteiger partial charge in [0.25, 0.3) is 5.91 Å². The Morgan fingerprint density at radius 1 is 1.16 bits per heavy atom. The number of benzene rings is 1. The number of aryl methyl sites for hydroxylation is 1. The van der Waals surface area contributed by atoms with Crippen LogP contribution in [0.25, 0.3) is 0 Å². The topological polar surface area (TPSA) is 85.4 Å². The average Bonchev–Trinajstić information content (AvgIpc) is 3.06. The number of rotatable bonds is 7. The number of anilines is 2. The summed E-state index contributed by atoms with van der Waals surface area (Å²) in [4.78, 5) is 20.8. The van der Waals surface area contributed by atoms with Gasteiger partial charge in [-0.25, -0.2) is 9.97 Å². The lowest BCUT2D eigenvalue weighted by molar-refractivity contribution is 0.0947. The highest BCUT2D eigenvalue weighted by molar-refractivity contribution is 5.93. The Labute approximate surface area is 146 Å². The molecule has 1 aromatic carbocycles. The number of nitrogens with zero attached hydrogens (tertiary/aromatic N) is 2. The van der Waals surface area contributed by atoms with E-state index < -0.39 is 0 Å². The highest BCUT2D eigenvalue weighted by atomic mass is 16.7. The predicted molar refractivity (Wildman–Crippen MR) is 94.5 cm³/mol. The van der Waals surface area contributed by atoms with Gasteiger partial charge in [-0.1, -0.05) is 19.8 Å². The molecule has 3 rings (SSSR count). The van der Waals surface area contributed by atoms with Crippen molar-refractivity contribution in [2.45, 2.75) is 33.1 Å². The molecule has 7 nitrogen and oxygen atoms in total. The summed E-state index contributed by atoms with van der Waals surface area (Å²) in [6, 6.07) is 7.19. The molecule has 0 bridgehead atoms. The molecule has 132 valence electrons. The highest BCUT2D eigenvalue weighted by Crippen LogP contribution is 2.34. The zero-order valence-corrected chi connectivity index (χ0v) is 14.5. The third-order valence-corrected chi connectivity index (χ3v) is 3.78. The number of aromatic nitrogens is 2. The van der Waals surface area contributed by atoms with Crippen LogP contribution in [0.4, 0.5) is 11.5 Å². The fourth-order valence-electron chi connectivity index (χ4n) is 2.54. The molecule has 2 N–H and O–H groups in total. The van der Waals surface area contributed by atoms with Gasteiger partial charge in [0, 0.05) is 24.4 Å². The van der Waals surface area contributed by atoms with Crippen LogP contribution in [0.5, 0.6) is 11.5 Å². The standard InChI is InChI=1S/C18H22N4O3/c1-3-4-5-8-19-18(23)14-10-17(21-12(2)20-14)22-13-6-7-15-16(9-13)25-11-24-15/h6-7,9-10H,3-5,8,11H2,1-2H3,(H,19,23)(H,20,21,22). The Morgan fingerprint density at radius 2 is 2.00 bits per heavy atom. The second-order valence-corrected chi connectivity index (χ2v) is 5.84. The van der Waals surface area contributed by atoms with Gasteiger partial charge >= 0.3 is 0 Å². The highest BCUT2D eigenvalue weighted by Gasteiger charge is 2.14. The van der Waals surface area contributed by atoms with Crippen molar-refractivity contribution in [3.8, 4) is 11.5 Å². The summed E-state index contributed by atoms with van der Waals surface area (Å²) >= 11 is 0. The lowest BCUT2D eigenvalue weighted by atomic mass is 10.2. The number of ether oxygens (including phenoxy) is 2. The van der Waals surface area contributed by atoms with Crippen molar-refractivity contribution < 1.29 is 14.3 Å². The summed E-state index contributed by atoms with van der Waals surface area (Å²) in [5.41, 5.74) is 1.16. The van der Waals surface area contributed by atoms with Crippen LogP contribution in [0.2, 0.25) is 0 Å². The van der Waals surface area contributed by atoms with E-state index in [0.29, 0.717) is 29.6 Å². The normalized spacial score (nSPS) is 12.1. The third-order valence-electron chi connectivity index (χ3n) is 3.78.